The topological polar surface area (TPSA) is 63.3 Å². The fraction of sp³-hybridized carbons (Fsp3) is 0.333. The van der Waals surface area contributed by atoms with Crippen molar-refractivity contribution in [2.75, 3.05) is 34.3 Å². The van der Waals surface area contributed by atoms with Crippen molar-refractivity contribution >= 4 is 0 Å². The molecule has 1 aromatic carbocycles. The molecule has 0 radical (unpaired) electrons. The number of hydrogen-bond acceptors (Lipinski definition) is 5. The van der Waals surface area contributed by atoms with E-state index in [0.717, 1.165) is 22.5 Å². The predicted molar refractivity (Wildman–Crippen MR) is 88.3 cm³/mol. The number of hydrogen-bond donors (Lipinski definition) is 0. The van der Waals surface area contributed by atoms with Crippen LogP contribution < -0.4 is 4.74 Å². The summed E-state index contributed by atoms with van der Waals surface area (Å²) in [5.74, 6) is 0.851. The molecule has 1 aliphatic heterocycles. The van der Waals surface area contributed by atoms with Crippen molar-refractivity contribution < 1.29 is 4.74 Å². The van der Waals surface area contributed by atoms with Gasteiger partial charge in [0, 0.05) is 51.1 Å². The van der Waals surface area contributed by atoms with E-state index >= 15 is 0 Å². The van der Waals surface area contributed by atoms with Gasteiger partial charge in [0.05, 0.1) is 7.11 Å². The molecule has 1 heterocycles. The van der Waals surface area contributed by atoms with Gasteiger partial charge in [-0.05, 0) is 11.6 Å². The number of benzene rings is 1. The Hall–Kier alpha value is -2.76. The third kappa shape index (κ3) is 3.91. The molecule has 0 bridgehead atoms. The summed E-state index contributed by atoms with van der Waals surface area (Å²) in [7, 11) is 5.53. The van der Waals surface area contributed by atoms with Crippen molar-refractivity contribution in [2.24, 2.45) is 0 Å². The van der Waals surface area contributed by atoms with E-state index in [1.165, 1.54) is 0 Å². The fourth-order valence-corrected chi connectivity index (χ4v) is 2.73. The molecule has 5 nitrogen and oxygen atoms in total. The van der Waals surface area contributed by atoms with Gasteiger partial charge in [-0.1, -0.05) is 18.2 Å². The molecule has 1 saturated heterocycles. The lowest BCUT2D eigenvalue weighted by atomic mass is 10.1. The average molecular weight is 308 g/mol. The van der Waals surface area contributed by atoms with Gasteiger partial charge in [0.2, 0.25) is 0 Å². The summed E-state index contributed by atoms with van der Waals surface area (Å²) in [6.45, 7) is 2.01. The Bertz CT molecular complexity index is 703. The van der Waals surface area contributed by atoms with Gasteiger partial charge in [-0.25, -0.2) is 0 Å². The van der Waals surface area contributed by atoms with Gasteiger partial charge < -0.3 is 9.64 Å². The van der Waals surface area contributed by atoms with Crippen molar-refractivity contribution in [1.82, 2.24) is 9.80 Å². The summed E-state index contributed by atoms with van der Waals surface area (Å²) in [4.78, 5) is 4.14. The third-order valence-corrected chi connectivity index (χ3v) is 3.69. The zero-order valence-corrected chi connectivity index (χ0v) is 13.7. The van der Waals surface area contributed by atoms with Gasteiger partial charge in [-0.2, -0.15) is 10.5 Å². The molecule has 0 amide bonds. The van der Waals surface area contributed by atoms with Crippen molar-refractivity contribution in [2.45, 2.75) is 6.54 Å². The van der Waals surface area contributed by atoms with E-state index in [4.69, 9.17) is 4.74 Å². The predicted octanol–water partition coefficient (Wildman–Crippen LogP) is 2.30. The Morgan fingerprint density at radius 1 is 1.26 bits per heavy atom. The van der Waals surface area contributed by atoms with Crippen LogP contribution in [0.3, 0.4) is 0 Å². The van der Waals surface area contributed by atoms with Crippen LogP contribution in [0.1, 0.15) is 5.56 Å². The molecule has 0 unspecified atom stereocenters. The standard InChI is InChI=1S/C18H20N4O/c1-21(2)10-16-12-22(13-17(16)15(8-19)9-20)11-14-6-4-5-7-18(14)23-3/h4-7,10H,11-13H2,1-3H3. The first-order valence-electron chi connectivity index (χ1n) is 7.34. The monoisotopic (exact) mass is 308 g/mol. The summed E-state index contributed by atoms with van der Waals surface area (Å²) < 4.78 is 5.40. The van der Waals surface area contributed by atoms with Gasteiger partial charge in [0.1, 0.15) is 23.5 Å². The molecule has 0 atom stereocenters. The van der Waals surface area contributed by atoms with E-state index in [1.54, 1.807) is 7.11 Å². The Balaban J connectivity index is 2.29. The number of nitrogens with zero attached hydrogens (tertiary/aromatic N) is 4. The number of methoxy groups -OCH3 is 1. The molecule has 1 aromatic rings. The van der Waals surface area contributed by atoms with Crippen LogP contribution in [0.5, 0.6) is 5.75 Å². The van der Waals surface area contributed by atoms with Crippen LogP contribution in [0, 0.1) is 22.7 Å². The first-order chi connectivity index (χ1) is 11.1. The summed E-state index contributed by atoms with van der Waals surface area (Å²) in [6.07, 6.45) is 1.98. The fourth-order valence-electron chi connectivity index (χ4n) is 2.73. The number of nitriles is 2. The van der Waals surface area contributed by atoms with Crippen molar-refractivity contribution in [3.63, 3.8) is 0 Å². The molecular formula is C18H20N4O. The Morgan fingerprint density at radius 2 is 1.96 bits per heavy atom. The molecule has 0 aliphatic carbocycles. The molecule has 0 aromatic heterocycles. The minimum absolute atomic E-state index is 0.195. The molecular weight excluding hydrogens is 288 g/mol. The van der Waals surface area contributed by atoms with Crippen LogP contribution in [0.2, 0.25) is 0 Å². The average Bonchev–Trinajstić information content (AvgIpc) is 2.91. The smallest absolute Gasteiger partial charge is 0.134 e. The Labute approximate surface area is 137 Å². The maximum Gasteiger partial charge on any atom is 0.134 e. The van der Waals surface area contributed by atoms with Gasteiger partial charge in [-0.3, -0.25) is 4.90 Å². The van der Waals surface area contributed by atoms with Crippen LogP contribution in [-0.2, 0) is 6.54 Å². The van der Waals surface area contributed by atoms with Gasteiger partial charge >= 0.3 is 0 Å². The van der Waals surface area contributed by atoms with E-state index in [-0.39, 0.29) is 5.57 Å². The lowest BCUT2D eigenvalue weighted by Crippen LogP contribution is -2.19. The Kier molecular flexibility index (Phi) is 5.41. The maximum absolute atomic E-state index is 9.19. The second-order valence-corrected chi connectivity index (χ2v) is 5.65. The number of para-hydroxylation sites is 1. The van der Waals surface area contributed by atoms with E-state index < -0.39 is 0 Å². The molecule has 0 N–H and O–H groups in total. The van der Waals surface area contributed by atoms with E-state index in [1.807, 2.05) is 61.6 Å². The maximum atomic E-state index is 9.19. The number of likely N-dealkylation sites (tertiary alicyclic amines) is 1. The zero-order chi connectivity index (χ0) is 16.8. The van der Waals surface area contributed by atoms with Gasteiger partial charge in [0.25, 0.3) is 0 Å². The molecule has 23 heavy (non-hydrogen) atoms. The van der Waals surface area contributed by atoms with Crippen molar-refractivity contribution in [3.05, 3.63) is 52.7 Å². The normalized spacial score (nSPS) is 16.0. The zero-order valence-electron chi connectivity index (χ0n) is 13.7. The summed E-state index contributed by atoms with van der Waals surface area (Å²) in [5.41, 5.74) is 3.12. The van der Waals surface area contributed by atoms with Crippen LogP contribution in [-0.4, -0.2) is 44.1 Å². The third-order valence-electron chi connectivity index (χ3n) is 3.69. The van der Waals surface area contributed by atoms with Crippen LogP contribution in [0.4, 0.5) is 0 Å². The summed E-state index contributed by atoms with van der Waals surface area (Å²) in [6, 6.07) is 11.9. The number of allylic oxidation sites excluding steroid dienone is 1. The van der Waals surface area contributed by atoms with Crippen molar-refractivity contribution in [3.8, 4) is 17.9 Å². The number of rotatable bonds is 4. The van der Waals surface area contributed by atoms with Crippen molar-refractivity contribution in [1.29, 1.82) is 10.5 Å². The summed E-state index contributed by atoms with van der Waals surface area (Å²) in [5, 5.41) is 18.4. The highest BCUT2D eigenvalue weighted by molar-refractivity contribution is 5.52. The van der Waals surface area contributed by atoms with Crippen LogP contribution in [0.15, 0.2) is 47.2 Å². The first-order valence-corrected chi connectivity index (χ1v) is 7.34. The quantitative estimate of drug-likeness (QED) is 0.799. The molecule has 2 rings (SSSR count). The highest BCUT2D eigenvalue weighted by atomic mass is 16.5. The minimum Gasteiger partial charge on any atom is -0.496 e. The molecule has 118 valence electrons. The van der Waals surface area contributed by atoms with Gasteiger partial charge in [0.15, 0.2) is 0 Å². The Morgan fingerprint density at radius 3 is 2.57 bits per heavy atom. The van der Waals surface area contributed by atoms with Crippen LogP contribution >= 0.6 is 0 Å². The number of ether oxygens (including phenoxy) is 1. The van der Waals surface area contributed by atoms with E-state index in [9.17, 15) is 10.5 Å². The lowest BCUT2D eigenvalue weighted by Gasteiger charge is -2.16. The second-order valence-electron chi connectivity index (χ2n) is 5.65. The molecule has 1 fully saturated rings. The first kappa shape index (κ1) is 16.6. The van der Waals surface area contributed by atoms with Gasteiger partial charge in [-0.15, -0.1) is 0 Å². The van der Waals surface area contributed by atoms with E-state index in [0.29, 0.717) is 19.6 Å². The SMILES string of the molecule is COc1ccccc1CN1CC(=CN(C)C)C(=C(C#N)C#N)C1. The van der Waals surface area contributed by atoms with Crippen LogP contribution in [0.25, 0.3) is 0 Å². The molecule has 5 heteroatoms. The highest BCUT2D eigenvalue weighted by Gasteiger charge is 2.26. The minimum atomic E-state index is 0.195. The van der Waals surface area contributed by atoms with E-state index in [2.05, 4.69) is 4.90 Å². The highest BCUT2D eigenvalue weighted by Crippen LogP contribution is 2.28. The largest absolute Gasteiger partial charge is 0.496 e. The molecule has 0 spiro atoms. The summed E-state index contributed by atoms with van der Waals surface area (Å²) >= 11 is 0. The lowest BCUT2D eigenvalue weighted by molar-refractivity contribution is 0.333. The molecule has 0 saturated carbocycles. The second kappa shape index (κ2) is 7.49. The molecule has 1 aliphatic rings.